The monoisotopic (exact) mass is 401 g/mol. The molecule has 29 heavy (non-hydrogen) atoms. The van der Waals surface area contributed by atoms with Crippen molar-refractivity contribution < 1.29 is 9.59 Å². The number of likely N-dealkylation sites (tertiary alicyclic amines) is 1. The molecule has 0 radical (unpaired) electrons. The lowest BCUT2D eigenvalue weighted by Crippen LogP contribution is -2.62. The van der Waals surface area contributed by atoms with E-state index in [1.54, 1.807) is 6.33 Å². The van der Waals surface area contributed by atoms with E-state index in [9.17, 15) is 9.59 Å². The molecule has 1 atom stereocenters. The van der Waals surface area contributed by atoms with E-state index in [2.05, 4.69) is 32.4 Å². The normalized spacial score (nSPS) is 25.7. The van der Waals surface area contributed by atoms with Gasteiger partial charge in [0.2, 0.25) is 11.8 Å². The average molecular weight is 402 g/mol. The number of imidazole rings is 1. The van der Waals surface area contributed by atoms with Gasteiger partial charge in [-0.25, -0.2) is 4.98 Å². The van der Waals surface area contributed by atoms with Crippen LogP contribution in [0.15, 0.2) is 6.33 Å². The minimum atomic E-state index is -0.336. The van der Waals surface area contributed by atoms with Gasteiger partial charge in [0, 0.05) is 36.7 Å². The maximum atomic E-state index is 13.3. The number of carbonyl (C=O) groups excluding carboxylic acids is 2. The standard InChI is InChI=1S/C22H35N5O2/c1-15(2)25-19(28)17-13-16-18(24-14-23-16)22(26-17)9-11-27(12-10-22)20(29)21(3)7-5-4-6-8-21/h14-15,17,26H,4-13H2,1-3H3,(H,23,24)(H,25,28). The second-order valence-electron chi connectivity index (χ2n) is 9.79. The molecule has 3 heterocycles. The number of carbonyl (C=O) groups is 2. The highest BCUT2D eigenvalue weighted by Crippen LogP contribution is 2.41. The number of H-pyrrole nitrogens is 1. The second kappa shape index (κ2) is 7.74. The summed E-state index contributed by atoms with van der Waals surface area (Å²) in [6.07, 6.45) is 9.51. The van der Waals surface area contributed by atoms with Crippen LogP contribution in [-0.4, -0.2) is 51.9 Å². The van der Waals surface area contributed by atoms with Gasteiger partial charge in [0.15, 0.2) is 0 Å². The van der Waals surface area contributed by atoms with Gasteiger partial charge in [-0.15, -0.1) is 0 Å². The van der Waals surface area contributed by atoms with Crippen LogP contribution in [-0.2, 0) is 21.5 Å². The van der Waals surface area contributed by atoms with Crippen LogP contribution in [0.1, 0.15) is 77.1 Å². The molecule has 7 nitrogen and oxygen atoms in total. The number of rotatable bonds is 3. The summed E-state index contributed by atoms with van der Waals surface area (Å²) in [6.45, 7) is 7.54. The molecular weight excluding hydrogens is 366 g/mol. The Morgan fingerprint density at radius 3 is 2.52 bits per heavy atom. The highest BCUT2D eigenvalue weighted by atomic mass is 16.2. The maximum Gasteiger partial charge on any atom is 0.237 e. The van der Waals surface area contributed by atoms with E-state index in [1.807, 2.05) is 13.8 Å². The Bertz CT molecular complexity index is 757. The fourth-order valence-electron chi connectivity index (χ4n) is 5.49. The molecule has 1 aromatic heterocycles. The molecule has 2 aliphatic heterocycles. The Morgan fingerprint density at radius 1 is 1.17 bits per heavy atom. The zero-order valence-electron chi connectivity index (χ0n) is 18.0. The smallest absolute Gasteiger partial charge is 0.237 e. The van der Waals surface area contributed by atoms with Gasteiger partial charge in [0.25, 0.3) is 0 Å². The first-order chi connectivity index (χ1) is 13.8. The minimum Gasteiger partial charge on any atom is -0.353 e. The summed E-state index contributed by atoms with van der Waals surface area (Å²) in [5.41, 5.74) is 1.55. The highest BCUT2D eigenvalue weighted by molar-refractivity contribution is 5.83. The highest BCUT2D eigenvalue weighted by Gasteiger charge is 2.48. The molecule has 1 aliphatic carbocycles. The van der Waals surface area contributed by atoms with Gasteiger partial charge in [-0.2, -0.15) is 0 Å². The van der Waals surface area contributed by atoms with Crippen LogP contribution >= 0.6 is 0 Å². The van der Waals surface area contributed by atoms with Crippen LogP contribution in [0, 0.1) is 5.41 Å². The Balaban J connectivity index is 1.49. The lowest BCUT2D eigenvalue weighted by atomic mass is 9.73. The summed E-state index contributed by atoms with van der Waals surface area (Å²) in [5, 5.41) is 6.66. The molecule has 3 N–H and O–H groups in total. The molecule has 1 spiro atoms. The van der Waals surface area contributed by atoms with E-state index in [0.717, 1.165) is 49.9 Å². The van der Waals surface area contributed by atoms with Crippen molar-refractivity contribution in [3.63, 3.8) is 0 Å². The first kappa shape index (κ1) is 20.4. The molecule has 2 fully saturated rings. The van der Waals surface area contributed by atoms with E-state index in [1.165, 1.54) is 6.42 Å². The predicted molar refractivity (Wildman–Crippen MR) is 111 cm³/mol. The van der Waals surface area contributed by atoms with Gasteiger partial charge >= 0.3 is 0 Å². The van der Waals surface area contributed by atoms with E-state index >= 15 is 0 Å². The van der Waals surface area contributed by atoms with Crippen molar-refractivity contribution in [2.45, 2.75) is 89.8 Å². The lowest BCUT2D eigenvalue weighted by Gasteiger charge is -2.48. The molecule has 1 aromatic rings. The first-order valence-corrected chi connectivity index (χ1v) is 11.2. The molecule has 1 unspecified atom stereocenters. The van der Waals surface area contributed by atoms with Crippen molar-refractivity contribution in [2.75, 3.05) is 13.1 Å². The van der Waals surface area contributed by atoms with Crippen LogP contribution < -0.4 is 10.6 Å². The predicted octanol–water partition coefficient (Wildman–Crippen LogP) is 2.24. The molecule has 4 rings (SSSR count). The first-order valence-electron chi connectivity index (χ1n) is 11.2. The van der Waals surface area contributed by atoms with Crippen molar-refractivity contribution in [3.05, 3.63) is 17.7 Å². The number of nitrogens with zero attached hydrogens (tertiary/aromatic N) is 2. The summed E-state index contributed by atoms with van der Waals surface area (Å²) < 4.78 is 0. The van der Waals surface area contributed by atoms with Crippen molar-refractivity contribution in [2.24, 2.45) is 5.41 Å². The summed E-state index contributed by atoms with van der Waals surface area (Å²) in [5.74, 6) is 0.354. The SMILES string of the molecule is CC(C)NC(=O)C1Cc2[nH]cnc2C2(CCN(C(=O)C3(C)CCCCC3)CC2)N1. The van der Waals surface area contributed by atoms with Crippen LogP contribution in [0.25, 0.3) is 0 Å². The molecule has 2 amide bonds. The van der Waals surface area contributed by atoms with Crippen LogP contribution in [0.3, 0.4) is 0 Å². The van der Waals surface area contributed by atoms with Gasteiger partial charge in [0.05, 0.1) is 23.6 Å². The van der Waals surface area contributed by atoms with Crippen LogP contribution in [0.5, 0.6) is 0 Å². The molecule has 0 bridgehead atoms. The molecular formula is C22H35N5O2. The fourth-order valence-corrected chi connectivity index (χ4v) is 5.49. The Kier molecular flexibility index (Phi) is 5.44. The second-order valence-corrected chi connectivity index (χ2v) is 9.79. The van der Waals surface area contributed by atoms with Crippen molar-refractivity contribution in [1.29, 1.82) is 0 Å². The molecule has 3 aliphatic rings. The van der Waals surface area contributed by atoms with Crippen molar-refractivity contribution >= 4 is 11.8 Å². The number of aromatic nitrogens is 2. The van der Waals surface area contributed by atoms with E-state index < -0.39 is 0 Å². The third-order valence-corrected chi connectivity index (χ3v) is 7.16. The third-order valence-electron chi connectivity index (χ3n) is 7.16. The number of fused-ring (bicyclic) bond motifs is 2. The topological polar surface area (TPSA) is 90.1 Å². The zero-order valence-corrected chi connectivity index (χ0v) is 18.0. The number of piperidine rings is 1. The zero-order chi connectivity index (χ0) is 20.6. The fraction of sp³-hybridized carbons (Fsp3) is 0.773. The Hall–Kier alpha value is -1.89. The summed E-state index contributed by atoms with van der Waals surface area (Å²) in [4.78, 5) is 35.9. The summed E-state index contributed by atoms with van der Waals surface area (Å²) >= 11 is 0. The largest absolute Gasteiger partial charge is 0.353 e. The molecule has 1 saturated heterocycles. The van der Waals surface area contributed by atoms with E-state index in [0.29, 0.717) is 25.4 Å². The number of nitrogens with one attached hydrogen (secondary N) is 3. The third kappa shape index (κ3) is 3.81. The van der Waals surface area contributed by atoms with Gasteiger partial charge in [0.1, 0.15) is 0 Å². The minimum absolute atomic E-state index is 0.0350. The quantitative estimate of drug-likeness (QED) is 0.725. The summed E-state index contributed by atoms with van der Waals surface area (Å²) in [6, 6.07) is -0.164. The molecule has 160 valence electrons. The molecule has 7 heteroatoms. The Morgan fingerprint density at radius 2 is 1.86 bits per heavy atom. The van der Waals surface area contributed by atoms with E-state index in [4.69, 9.17) is 0 Å². The number of aromatic amines is 1. The maximum absolute atomic E-state index is 13.3. The van der Waals surface area contributed by atoms with Crippen LogP contribution in [0.4, 0.5) is 0 Å². The van der Waals surface area contributed by atoms with Crippen molar-refractivity contribution in [1.82, 2.24) is 25.5 Å². The average Bonchev–Trinajstić information content (AvgIpc) is 3.18. The number of hydrogen-bond donors (Lipinski definition) is 3. The number of amides is 2. The van der Waals surface area contributed by atoms with Crippen molar-refractivity contribution in [3.8, 4) is 0 Å². The van der Waals surface area contributed by atoms with Gasteiger partial charge in [-0.1, -0.05) is 26.2 Å². The Labute approximate surface area is 173 Å². The van der Waals surface area contributed by atoms with Gasteiger partial charge in [-0.3, -0.25) is 14.9 Å². The lowest BCUT2D eigenvalue weighted by molar-refractivity contribution is -0.145. The van der Waals surface area contributed by atoms with Gasteiger partial charge in [-0.05, 0) is 39.5 Å². The van der Waals surface area contributed by atoms with Gasteiger partial charge < -0.3 is 15.2 Å². The molecule has 0 aromatic carbocycles. The summed E-state index contributed by atoms with van der Waals surface area (Å²) in [7, 11) is 0. The number of hydrogen-bond acceptors (Lipinski definition) is 4. The van der Waals surface area contributed by atoms with Crippen LogP contribution in [0.2, 0.25) is 0 Å². The molecule has 1 saturated carbocycles. The van der Waals surface area contributed by atoms with E-state index in [-0.39, 0.29) is 28.9 Å².